The summed E-state index contributed by atoms with van der Waals surface area (Å²) in [5.41, 5.74) is 1.31. The molecule has 1 aromatic carbocycles. The van der Waals surface area contributed by atoms with E-state index in [1.54, 1.807) is 27.9 Å². The molecule has 2 amide bonds. The van der Waals surface area contributed by atoms with E-state index in [2.05, 4.69) is 10.4 Å². The molecule has 2 aliphatic rings. The predicted molar refractivity (Wildman–Crippen MR) is 114 cm³/mol. The first kappa shape index (κ1) is 21.2. The molecule has 1 aromatic heterocycles. The van der Waals surface area contributed by atoms with Gasteiger partial charge in [0.1, 0.15) is 18.7 Å². The quantitative estimate of drug-likeness (QED) is 0.765. The summed E-state index contributed by atoms with van der Waals surface area (Å²) < 4.78 is 7.27. The number of ketones is 1. The van der Waals surface area contributed by atoms with Gasteiger partial charge in [-0.1, -0.05) is 13.8 Å². The number of Topliss-reactive ketones (excluding diaryl/α,β-unsaturated/α-hetero) is 1. The number of ether oxygens (including phenoxy) is 1. The Labute approximate surface area is 181 Å². The van der Waals surface area contributed by atoms with Crippen LogP contribution in [0.25, 0.3) is 5.69 Å². The third-order valence-corrected chi connectivity index (χ3v) is 5.84. The minimum atomic E-state index is -0.689. The van der Waals surface area contributed by atoms with Crippen molar-refractivity contribution in [3.05, 3.63) is 48.3 Å². The number of nitrogens with zero attached hydrogens (tertiary/aromatic N) is 3. The van der Waals surface area contributed by atoms with Crippen molar-refractivity contribution in [3.8, 4) is 5.69 Å². The molecule has 2 aromatic rings. The molecule has 8 nitrogen and oxygen atoms in total. The zero-order chi connectivity index (χ0) is 22.0. The maximum Gasteiger partial charge on any atom is 0.251 e. The highest BCUT2D eigenvalue weighted by Crippen LogP contribution is 2.27. The molecule has 2 saturated heterocycles. The van der Waals surface area contributed by atoms with E-state index in [1.165, 1.54) is 0 Å². The van der Waals surface area contributed by atoms with Crippen LogP contribution >= 0.6 is 0 Å². The maximum atomic E-state index is 13.4. The van der Waals surface area contributed by atoms with Crippen molar-refractivity contribution in [1.29, 1.82) is 0 Å². The Kier molecular flexibility index (Phi) is 6.18. The number of carbonyl (C=O) groups excluding carboxylic acids is 3. The number of fused-ring (bicyclic) bond motifs is 1. The van der Waals surface area contributed by atoms with Gasteiger partial charge in [-0.2, -0.15) is 5.10 Å². The van der Waals surface area contributed by atoms with E-state index < -0.39 is 12.1 Å². The first-order valence-corrected chi connectivity index (χ1v) is 10.8. The van der Waals surface area contributed by atoms with Gasteiger partial charge in [0.05, 0.1) is 11.8 Å². The number of aromatic nitrogens is 2. The number of hydrogen-bond donors (Lipinski definition) is 1. The van der Waals surface area contributed by atoms with Crippen LogP contribution in [0.1, 0.15) is 43.5 Å². The fourth-order valence-corrected chi connectivity index (χ4v) is 4.36. The van der Waals surface area contributed by atoms with Crippen LogP contribution in [0, 0.1) is 5.92 Å². The number of benzene rings is 1. The van der Waals surface area contributed by atoms with Gasteiger partial charge in [0.25, 0.3) is 5.91 Å². The van der Waals surface area contributed by atoms with Gasteiger partial charge < -0.3 is 15.0 Å². The van der Waals surface area contributed by atoms with E-state index in [9.17, 15) is 14.4 Å². The summed E-state index contributed by atoms with van der Waals surface area (Å²) in [6.07, 6.45) is 5.36. The summed E-state index contributed by atoms with van der Waals surface area (Å²) in [4.78, 5) is 40.3. The van der Waals surface area contributed by atoms with Gasteiger partial charge >= 0.3 is 0 Å². The molecule has 0 radical (unpaired) electrons. The molecule has 1 N–H and O–H groups in total. The Morgan fingerprint density at radius 2 is 2.03 bits per heavy atom. The Bertz CT molecular complexity index is 939. The van der Waals surface area contributed by atoms with E-state index >= 15 is 0 Å². The molecular formula is C23H28N4O4. The molecule has 31 heavy (non-hydrogen) atoms. The highest BCUT2D eigenvalue weighted by atomic mass is 16.5. The van der Waals surface area contributed by atoms with Crippen molar-refractivity contribution in [3.63, 3.8) is 0 Å². The van der Waals surface area contributed by atoms with Crippen molar-refractivity contribution < 1.29 is 19.1 Å². The van der Waals surface area contributed by atoms with Gasteiger partial charge in [0.2, 0.25) is 5.91 Å². The van der Waals surface area contributed by atoms with Crippen molar-refractivity contribution in [2.24, 2.45) is 5.92 Å². The largest absolute Gasteiger partial charge is 0.368 e. The Morgan fingerprint density at radius 1 is 1.26 bits per heavy atom. The lowest BCUT2D eigenvalue weighted by molar-refractivity contribution is -0.142. The maximum absolute atomic E-state index is 13.4. The highest BCUT2D eigenvalue weighted by molar-refractivity contribution is 5.99. The lowest BCUT2D eigenvalue weighted by Gasteiger charge is -2.37. The van der Waals surface area contributed by atoms with E-state index in [1.807, 2.05) is 38.2 Å². The summed E-state index contributed by atoms with van der Waals surface area (Å²) in [6, 6.07) is 7.67. The van der Waals surface area contributed by atoms with Crippen molar-refractivity contribution in [2.75, 3.05) is 13.2 Å². The average molecular weight is 425 g/mol. The standard InChI is InChI=1S/C23H28N4O4/c1-15(2)13-18(23(30)26-11-3-5-20-21(26)19(28)14-31-20)25-22(29)16-6-8-17(9-7-16)27-12-4-10-24-27/h4,6-10,12,15,18,20-21H,3,5,11,13-14H2,1-2H3,(H,25,29). The second-order valence-corrected chi connectivity index (χ2v) is 8.59. The van der Waals surface area contributed by atoms with Crippen LogP contribution in [-0.2, 0) is 14.3 Å². The normalized spacial score (nSPS) is 21.8. The fourth-order valence-electron chi connectivity index (χ4n) is 4.36. The number of rotatable bonds is 6. The molecule has 0 spiro atoms. The van der Waals surface area contributed by atoms with Crippen LogP contribution in [0.2, 0.25) is 0 Å². The molecule has 3 heterocycles. The van der Waals surface area contributed by atoms with Crippen LogP contribution < -0.4 is 5.32 Å². The Morgan fingerprint density at radius 3 is 2.71 bits per heavy atom. The van der Waals surface area contributed by atoms with Crippen LogP contribution in [0.4, 0.5) is 0 Å². The number of piperidine rings is 1. The van der Waals surface area contributed by atoms with Gasteiger partial charge in [-0.25, -0.2) is 4.68 Å². The number of hydrogen-bond acceptors (Lipinski definition) is 5. The molecule has 0 saturated carbocycles. The Hall–Kier alpha value is -3.00. The van der Waals surface area contributed by atoms with Gasteiger partial charge in [-0.05, 0) is 55.5 Å². The summed E-state index contributed by atoms with van der Waals surface area (Å²) in [7, 11) is 0. The third-order valence-electron chi connectivity index (χ3n) is 5.84. The topological polar surface area (TPSA) is 93.5 Å². The van der Waals surface area contributed by atoms with Gasteiger partial charge in [-0.15, -0.1) is 0 Å². The zero-order valence-corrected chi connectivity index (χ0v) is 17.9. The first-order valence-electron chi connectivity index (χ1n) is 10.8. The van der Waals surface area contributed by atoms with Crippen molar-refractivity contribution in [1.82, 2.24) is 20.0 Å². The van der Waals surface area contributed by atoms with E-state index in [-0.39, 0.29) is 36.2 Å². The molecule has 8 heteroatoms. The monoisotopic (exact) mass is 424 g/mol. The van der Waals surface area contributed by atoms with Crippen molar-refractivity contribution in [2.45, 2.75) is 51.3 Å². The second kappa shape index (κ2) is 9.01. The molecule has 2 aliphatic heterocycles. The fraction of sp³-hybridized carbons (Fsp3) is 0.478. The minimum Gasteiger partial charge on any atom is -0.368 e. The van der Waals surface area contributed by atoms with E-state index in [4.69, 9.17) is 4.74 Å². The lowest BCUT2D eigenvalue weighted by Crippen LogP contribution is -2.58. The lowest BCUT2D eigenvalue weighted by atomic mass is 9.95. The summed E-state index contributed by atoms with van der Waals surface area (Å²) >= 11 is 0. The summed E-state index contributed by atoms with van der Waals surface area (Å²) in [5, 5.41) is 7.08. The van der Waals surface area contributed by atoms with Crippen LogP contribution in [0.15, 0.2) is 42.7 Å². The van der Waals surface area contributed by atoms with E-state index in [0.29, 0.717) is 18.5 Å². The number of likely N-dealkylation sites (tertiary alicyclic amines) is 1. The van der Waals surface area contributed by atoms with Gasteiger partial charge in [-0.3, -0.25) is 14.4 Å². The molecular weight excluding hydrogens is 396 g/mol. The summed E-state index contributed by atoms with van der Waals surface area (Å²) in [6.45, 7) is 4.59. The Balaban J connectivity index is 1.49. The molecule has 3 atom stereocenters. The molecule has 2 fully saturated rings. The SMILES string of the molecule is CC(C)CC(NC(=O)c1ccc(-n2cccn2)cc1)C(=O)N1CCCC2OCC(=O)C21. The second-order valence-electron chi connectivity index (χ2n) is 8.59. The first-order chi connectivity index (χ1) is 14.9. The molecule has 3 unspecified atom stereocenters. The molecule has 0 bridgehead atoms. The third kappa shape index (κ3) is 4.54. The van der Waals surface area contributed by atoms with Crippen LogP contribution in [0.3, 0.4) is 0 Å². The number of amides is 2. The zero-order valence-electron chi connectivity index (χ0n) is 17.9. The molecule has 164 valence electrons. The van der Waals surface area contributed by atoms with Crippen LogP contribution in [0.5, 0.6) is 0 Å². The van der Waals surface area contributed by atoms with Gasteiger partial charge in [0, 0.05) is 24.5 Å². The van der Waals surface area contributed by atoms with Crippen molar-refractivity contribution >= 4 is 17.6 Å². The predicted octanol–water partition coefficient (Wildman–Crippen LogP) is 1.98. The highest BCUT2D eigenvalue weighted by Gasteiger charge is 2.45. The van der Waals surface area contributed by atoms with E-state index in [0.717, 1.165) is 18.5 Å². The average Bonchev–Trinajstić information content (AvgIpc) is 3.43. The minimum absolute atomic E-state index is 0.0538. The van der Waals surface area contributed by atoms with Crippen LogP contribution in [-0.4, -0.2) is 63.6 Å². The smallest absolute Gasteiger partial charge is 0.251 e. The molecule has 0 aliphatic carbocycles. The number of nitrogens with one attached hydrogen (secondary N) is 1. The molecule has 4 rings (SSSR count). The number of carbonyl (C=O) groups is 3. The summed E-state index contributed by atoms with van der Waals surface area (Å²) in [5.74, 6) is -0.369. The van der Waals surface area contributed by atoms with Gasteiger partial charge in [0.15, 0.2) is 5.78 Å².